The van der Waals surface area contributed by atoms with Crippen LogP contribution in [-0.4, -0.2) is 45.4 Å². The van der Waals surface area contributed by atoms with E-state index >= 15 is 0 Å². The van der Waals surface area contributed by atoms with E-state index in [1.54, 1.807) is 0 Å². The van der Waals surface area contributed by atoms with Gasteiger partial charge in [-0.05, 0) is 39.2 Å². The van der Waals surface area contributed by atoms with E-state index in [4.69, 9.17) is 9.26 Å². The molecule has 3 atom stereocenters. The van der Waals surface area contributed by atoms with E-state index in [1.807, 2.05) is 13.8 Å². The Labute approximate surface area is 132 Å². The molecule has 0 saturated carbocycles. The lowest BCUT2D eigenvalue weighted by atomic mass is 9.98. The highest BCUT2D eigenvalue weighted by atomic mass is 16.5. The van der Waals surface area contributed by atoms with Crippen LogP contribution in [0.25, 0.3) is 0 Å². The van der Waals surface area contributed by atoms with Crippen LogP contribution in [0.15, 0.2) is 4.52 Å². The molecule has 1 saturated heterocycles. The second kappa shape index (κ2) is 8.04. The van der Waals surface area contributed by atoms with Crippen LogP contribution in [0.1, 0.15) is 64.8 Å². The number of rotatable bonds is 7. The number of hydrogen-bond acceptors (Lipinski definition) is 6. The Bertz CT molecular complexity index is 448. The van der Waals surface area contributed by atoms with Gasteiger partial charge in [0.25, 0.3) is 0 Å². The number of likely N-dealkylation sites (tertiary alicyclic amines) is 1. The summed E-state index contributed by atoms with van der Waals surface area (Å²) in [6.45, 7) is 10.3. The third kappa shape index (κ3) is 4.76. The smallest absolute Gasteiger partial charge is 0.240 e. The first-order chi connectivity index (χ1) is 10.5. The summed E-state index contributed by atoms with van der Waals surface area (Å²) in [5.74, 6) is 1.68. The average Bonchev–Trinajstić information content (AvgIpc) is 2.93. The summed E-state index contributed by atoms with van der Waals surface area (Å²) in [6.07, 6.45) is 2.84. The van der Waals surface area contributed by atoms with Crippen molar-refractivity contribution >= 4 is 0 Å². The van der Waals surface area contributed by atoms with Gasteiger partial charge in [-0.25, -0.2) is 0 Å². The summed E-state index contributed by atoms with van der Waals surface area (Å²) in [4.78, 5) is 6.69. The fourth-order valence-electron chi connectivity index (χ4n) is 2.84. The maximum atomic E-state index is 9.91. The first-order valence-electron chi connectivity index (χ1n) is 8.33. The fourth-order valence-corrected chi connectivity index (χ4v) is 2.84. The predicted octanol–water partition coefficient (Wildman–Crippen LogP) is 2.54. The Balaban J connectivity index is 1.93. The molecule has 1 aromatic rings. The number of aromatic nitrogens is 2. The van der Waals surface area contributed by atoms with Crippen molar-refractivity contribution in [1.82, 2.24) is 15.0 Å². The number of aliphatic hydroxyl groups is 1. The van der Waals surface area contributed by atoms with E-state index in [9.17, 15) is 5.11 Å². The van der Waals surface area contributed by atoms with Gasteiger partial charge in [0.2, 0.25) is 5.89 Å². The predicted molar refractivity (Wildman–Crippen MR) is 83.2 cm³/mol. The van der Waals surface area contributed by atoms with Gasteiger partial charge in [-0.2, -0.15) is 4.98 Å². The second-order valence-electron chi connectivity index (χ2n) is 6.69. The van der Waals surface area contributed by atoms with E-state index in [2.05, 4.69) is 28.9 Å². The van der Waals surface area contributed by atoms with Gasteiger partial charge in [0.1, 0.15) is 6.10 Å². The highest BCUT2D eigenvalue weighted by molar-refractivity contribution is 4.92. The summed E-state index contributed by atoms with van der Waals surface area (Å²) in [5, 5.41) is 13.9. The number of aliphatic hydroxyl groups excluding tert-OH is 1. The molecule has 0 spiro atoms. The van der Waals surface area contributed by atoms with Gasteiger partial charge < -0.3 is 14.4 Å². The van der Waals surface area contributed by atoms with Crippen LogP contribution < -0.4 is 0 Å². The molecular formula is C16H29N3O3. The van der Waals surface area contributed by atoms with Crippen molar-refractivity contribution in [2.24, 2.45) is 5.92 Å². The number of piperidine rings is 1. The molecule has 2 heterocycles. The summed E-state index contributed by atoms with van der Waals surface area (Å²) in [7, 11) is 0. The molecular weight excluding hydrogens is 282 g/mol. The van der Waals surface area contributed by atoms with Gasteiger partial charge in [-0.15, -0.1) is 0 Å². The molecule has 0 bridgehead atoms. The SMILES string of the molecule is CC(C)COC(C)c1noc(CN2CCCCC2C(C)O)n1. The molecule has 1 aromatic heterocycles. The Hall–Kier alpha value is -0.980. The molecule has 6 heteroatoms. The van der Waals surface area contributed by atoms with Crippen molar-refractivity contribution in [3.63, 3.8) is 0 Å². The lowest BCUT2D eigenvalue weighted by Gasteiger charge is -2.36. The van der Waals surface area contributed by atoms with E-state index in [1.165, 1.54) is 6.42 Å². The molecule has 126 valence electrons. The van der Waals surface area contributed by atoms with Gasteiger partial charge in [-0.1, -0.05) is 25.4 Å². The van der Waals surface area contributed by atoms with Gasteiger partial charge in [0.15, 0.2) is 5.82 Å². The molecule has 0 amide bonds. The summed E-state index contributed by atoms with van der Waals surface area (Å²) < 4.78 is 11.1. The minimum atomic E-state index is -0.337. The van der Waals surface area contributed by atoms with Crippen LogP contribution in [-0.2, 0) is 11.3 Å². The largest absolute Gasteiger partial charge is 0.392 e. The Kier molecular flexibility index (Phi) is 6.35. The second-order valence-corrected chi connectivity index (χ2v) is 6.69. The van der Waals surface area contributed by atoms with Crippen molar-refractivity contribution in [2.75, 3.05) is 13.2 Å². The highest BCUT2D eigenvalue weighted by Crippen LogP contribution is 2.22. The van der Waals surface area contributed by atoms with E-state index in [0.717, 1.165) is 19.4 Å². The van der Waals surface area contributed by atoms with Crippen LogP contribution >= 0.6 is 0 Å². The number of nitrogens with zero attached hydrogens (tertiary/aromatic N) is 3. The van der Waals surface area contributed by atoms with Crippen molar-refractivity contribution < 1.29 is 14.4 Å². The third-order valence-electron chi connectivity index (χ3n) is 4.09. The lowest BCUT2D eigenvalue weighted by molar-refractivity contribution is 0.0260. The first-order valence-corrected chi connectivity index (χ1v) is 8.33. The standard InChI is InChI=1S/C16H29N3O3/c1-11(2)10-21-13(4)16-17-15(22-18-16)9-19-8-6-5-7-14(19)12(3)20/h11-14,20H,5-10H2,1-4H3. The highest BCUT2D eigenvalue weighted by Gasteiger charge is 2.28. The van der Waals surface area contributed by atoms with Gasteiger partial charge in [-0.3, -0.25) is 4.90 Å². The Morgan fingerprint density at radius 1 is 1.32 bits per heavy atom. The van der Waals surface area contributed by atoms with Crippen molar-refractivity contribution in [1.29, 1.82) is 0 Å². The summed E-state index contributed by atoms with van der Waals surface area (Å²) in [5.41, 5.74) is 0. The number of hydrogen-bond donors (Lipinski definition) is 1. The van der Waals surface area contributed by atoms with E-state index in [-0.39, 0.29) is 18.2 Å². The van der Waals surface area contributed by atoms with Crippen molar-refractivity contribution in [2.45, 2.75) is 71.8 Å². The van der Waals surface area contributed by atoms with E-state index in [0.29, 0.717) is 30.8 Å². The Morgan fingerprint density at radius 3 is 2.77 bits per heavy atom. The zero-order valence-corrected chi connectivity index (χ0v) is 14.2. The van der Waals surface area contributed by atoms with E-state index < -0.39 is 0 Å². The normalized spacial score (nSPS) is 22.9. The van der Waals surface area contributed by atoms with Crippen LogP contribution in [0.5, 0.6) is 0 Å². The quantitative estimate of drug-likeness (QED) is 0.834. The third-order valence-corrected chi connectivity index (χ3v) is 4.09. The van der Waals surface area contributed by atoms with Crippen LogP contribution in [0, 0.1) is 5.92 Å². The van der Waals surface area contributed by atoms with Gasteiger partial charge in [0.05, 0.1) is 12.6 Å². The molecule has 1 fully saturated rings. The molecule has 3 unspecified atom stereocenters. The molecule has 1 N–H and O–H groups in total. The zero-order valence-electron chi connectivity index (χ0n) is 14.2. The molecule has 1 aliphatic heterocycles. The van der Waals surface area contributed by atoms with Crippen LogP contribution in [0.4, 0.5) is 0 Å². The van der Waals surface area contributed by atoms with Gasteiger partial charge in [0, 0.05) is 12.6 Å². The first kappa shape index (κ1) is 17.4. The fraction of sp³-hybridized carbons (Fsp3) is 0.875. The summed E-state index contributed by atoms with van der Waals surface area (Å²) in [6, 6.07) is 0.179. The average molecular weight is 311 g/mol. The van der Waals surface area contributed by atoms with Crippen LogP contribution in [0.2, 0.25) is 0 Å². The monoisotopic (exact) mass is 311 g/mol. The lowest BCUT2D eigenvalue weighted by Crippen LogP contribution is -2.45. The molecule has 0 aliphatic carbocycles. The molecule has 2 rings (SSSR count). The van der Waals surface area contributed by atoms with Crippen molar-refractivity contribution in [3.8, 4) is 0 Å². The minimum absolute atomic E-state index is 0.159. The Morgan fingerprint density at radius 2 is 2.09 bits per heavy atom. The molecule has 6 nitrogen and oxygen atoms in total. The molecule has 0 radical (unpaired) electrons. The maximum absolute atomic E-state index is 9.91. The number of ether oxygens (including phenoxy) is 1. The molecule has 1 aliphatic rings. The topological polar surface area (TPSA) is 71.6 Å². The molecule has 0 aromatic carbocycles. The summed E-state index contributed by atoms with van der Waals surface area (Å²) >= 11 is 0. The zero-order chi connectivity index (χ0) is 16.1. The molecule has 22 heavy (non-hydrogen) atoms. The maximum Gasteiger partial charge on any atom is 0.240 e. The van der Waals surface area contributed by atoms with Crippen molar-refractivity contribution in [3.05, 3.63) is 11.7 Å². The van der Waals surface area contributed by atoms with Gasteiger partial charge >= 0.3 is 0 Å². The van der Waals surface area contributed by atoms with Crippen LogP contribution in [0.3, 0.4) is 0 Å². The minimum Gasteiger partial charge on any atom is -0.392 e.